The van der Waals surface area contributed by atoms with Gasteiger partial charge in [-0.1, -0.05) is 47.5 Å². The first-order chi connectivity index (χ1) is 17.3. The highest BCUT2D eigenvalue weighted by molar-refractivity contribution is 8.18. The second-order valence-electron chi connectivity index (χ2n) is 7.65. The van der Waals surface area contributed by atoms with E-state index in [0.717, 1.165) is 27.8 Å². The molecule has 0 unspecified atom stereocenters. The van der Waals surface area contributed by atoms with Crippen LogP contribution in [0.25, 0.3) is 6.08 Å². The molecular formula is C26H20Cl2N2O5S. The van der Waals surface area contributed by atoms with Crippen LogP contribution in [0.2, 0.25) is 10.0 Å². The number of carbonyl (C=O) groups is 3. The molecule has 0 aromatic heterocycles. The van der Waals surface area contributed by atoms with E-state index in [9.17, 15) is 14.4 Å². The molecule has 1 saturated heterocycles. The number of nitrogens with zero attached hydrogens (tertiary/aromatic N) is 1. The van der Waals surface area contributed by atoms with E-state index in [1.807, 2.05) is 12.1 Å². The molecule has 0 spiro atoms. The summed E-state index contributed by atoms with van der Waals surface area (Å²) < 4.78 is 10.8. The average Bonchev–Trinajstić information content (AvgIpc) is 3.12. The number of benzene rings is 3. The molecule has 184 valence electrons. The summed E-state index contributed by atoms with van der Waals surface area (Å²) in [4.78, 5) is 38.7. The molecule has 3 amide bonds. The van der Waals surface area contributed by atoms with Gasteiger partial charge in [-0.05, 0) is 71.4 Å². The number of nitrogens with one attached hydrogen (secondary N) is 1. The minimum atomic E-state index is -0.532. The molecular weight excluding hydrogens is 523 g/mol. The van der Waals surface area contributed by atoms with Crippen molar-refractivity contribution >= 4 is 63.8 Å². The van der Waals surface area contributed by atoms with E-state index in [1.165, 1.54) is 13.2 Å². The highest BCUT2D eigenvalue weighted by Gasteiger charge is 2.36. The Hall–Kier alpha value is -3.46. The second-order valence-corrected chi connectivity index (χ2v) is 9.49. The van der Waals surface area contributed by atoms with Gasteiger partial charge in [0.05, 0.1) is 17.0 Å². The summed E-state index contributed by atoms with van der Waals surface area (Å²) in [6.07, 6.45) is 1.61. The predicted octanol–water partition coefficient (Wildman–Crippen LogP) is 6.26. The highest BCUT2D eigenvalue weighted by atomic mass is 35.5. The van der Waals surface area contributed by atoms with Crippen LogP contribution in [0.1, 0.15) is 11.1 Å². The van der Waals surface area contributed by atoms with Crippen molar-refractivity contribution in [2.75, 3.05) is 19.0 Å². The van der Waals surface area contributed by atoms with Gasteiger partial charge in [0.25, 0.3) is 11.1 Å². The average molecular weight is 543 g/mol. The predicted molar refractivity (Wildman–Crippen MR) is 142 cm³/mol. The lowest BCUT2D eigenvalue weighted by Gasteiger charge is -2.13. The van der Waals surface area contributed by atoms with E-state index in [-0.39, 0.29) is 4.91 Å². The highest BCUT2D eigenvalue weighted by Crippen LogP contribution is 2.33. The number of rotatable bonds is 8. The molecule has 4 rings (SSSR count). The van der Waals surface area contributed by atoms with E-state index >= 15 is 0 Å². The largest absolute Gasteiger partial charge is 0.495 e. The lowest BCUT2D eigenvalue weighted by Crippen LogP contribution is -2.36. The summed E-state index contributed by atoms with van der Waals surface area (Å²) in [5.74, 6) is 0.0651. The van der Waals surface area contributed by atoms with Crippen molar-refractivity contribution in [3.05, 3.63) is 92.8 Å². The monoisotopic (exact) mass is 542 g/mol. The molecule has 7 nitrogen and oxygen atoms in total. The maximum atomic E-state index is 12.8. The zero-order valence-corrected chi connectivity index (χ0v) is 21.3. The fourth-order valence-corrected chi connectivity index (χ4v) is 4.51. The smallest absolute Gasteiger partial charge is 0.294 e. The van der Waals surface area contributed by atoms with Crippen LogP contribution in [0.15, 0.2) is 71.6 Å². The van der Waals surface area contributed by atoms with Crippen molar-refractivity contribution in [1.82, 2.24) is 4.90 Å². The van der Waals surface area contributed by atoms with Crippen LogP contribution in [0.4, 0.5) is 10.5 Å². The summed E-state index contributed by atoms with van der Waals surface area (Å²) in [7, 11) is 1.48. The Morgan fingerprint density at radius 1 is 1.03 bits per heavy atom. The van der Waals surface area contributed by atoms with Crippen LogP contribution < -0.4 is 14.8 Å². The topological polar surface area (TPSA) is 84.9 Å². The molecule has 3 aromatic carbocycles. The van der Waals surface area contributed by atoms with Crippen LogP contribution in [-0.2, 0) is 16.2 Å². The third kappa shape index (κ3) is 6.40. The van der Waals surface area contributed by atoms with E-state index < -0.39 is 23.6 Å². The molecule has 3 aromatic rings. The molecule has 1 heterocycles. The van der Waals surface area contributed by atoms with E-state index in [1.54, 1.807) is 54.6 Å². The molecule has 0 saturated carbocycles. The molecule has 36 heavy (non-hydrogen) atoms. The Morgan fingerprint density at radius 2 is 1.75 bits per heavy atom. The van der Waals surface area contributed by atoms with Gasteiger partial charge in [0.1, 0.15) is 24.7 Å². The summed E-state index contributed by atoms with van der Waals surface area (Å²) in [6, 6.07) is 19.2. The molecule has 1 N–H and O–H groups in total. The molecule has 0 atom stereocenters. The third-order valence-electron chi connectivity index (χ3n) is 5.11. The number of halogens is 2. The third-order valence-corrected chi connectivity index (χ3v) is 6.56. The SMILES string of the molecule is COc1ccc(NC(=O)CN2C(=O)S/C(=C/c3ccc(OCc4ccc(Cl)cc4)cc3)C2=O)cc1Cl. The van der Waals surface area contributed by atoms with Gasteiger partial charge >= 0.3 is 0 Å². The molecule has 0 radical (unpaired) electrons. The van der Waals surface area contributed by atoms with Gasteiger partial charge in [-0.25, -0.2) is 0 Å². The minimum absolute atomic E-state index is 0.232. The standard InChI is InChI=1S/C26H20Cl2N2O5S/c1-34-22-11-8-19(13-21(22)28)29-24(31)14-30-25(32)23(36-26(30)33)12-16-4-9-20(10-5-16)35-15-17-2-6-18(27)7-3-17/h2-13H,14-15H2,1H3,(H,29,31)/b23-12+. The molecule has 1 aliphatic rings. The van der Waals surface area contributed by atoms with Gasteiger partial charge in [-0.2, -0.15) is 0 Å². The number of carbonyl (C=O) groups excluding carboxylic acids is 3. The van der Waals surface area contributed by atoms with Crippen molar-refractivity contribution in [3.8, 4) is 11.5 Å². The first-order valence-corrected chi connectivity index (χ1v) is 12.3. The maximum Gasteiger partial charge on any atom is 0.294 e. The molecule has 1 fully saturated rings. The number of hydrogen-bond acceptors (Lipinski definition) is 6. The fourth-order valence-electron chi connectivity index (χ4n) is 3.28. The van der Waals surface area contributed by atoms with Gasteiger partial charge in [0.2, 0.25) is 5.91 Å². The van der Waals surface area contributed by atoms with Crippen LogP contribution in [-0.4, -0.2) is 35.6 Å². The number of hydrogen-bond donors (Lipinski definition) is 1. The molecule has 1 aliphatic heterocycles. The number of amides is 3. The number of methoxy groups -OCH3 is 1. The zero-order chi connectivity index (χ0) is 25.7. The summed E-state index contributed by atoms with van der Waals surface area (Å²) in [5, 5.41) is 3.10. The van der Waals surface area contributed by atoms with Crippen LogP contribution in [0.3, 0.4) is 0 Å². The lowest BCUT2D eigenvalue weighted by atomic mass is 10.2. The number of thioether (sulfide) groups is 1. The lowest BCUT2D eigenvalue weighted by molar-refractivity contribution is -0.127. The Balaban J connectivity index is 1.35. The Kier molecular flexibility index (Phi) is 8.20. The van der Waals surface area contributed by atoms with Crippen molar-refractivity contribution < 1.29 is 23.9 Å². The van der Waals surface area contributed by atoms with Crippen molar-refractivity contribution in [2.45, 2.75) is 6.61 Å². The van der Waals surface area contributed by atoms with Crippen molar-refractivity contribution in [1.29, 1.82) is 0 Å². The fraction of sp³-hybridized carbons (Fsp3) is 0.115. The van der Waals surface area contributed by atoms with Crippen LogP contribution >= 0.6 is 35.0 Å². The first kappa shape index (κ1) is 25.6. The van der Waals surface area contributed by atoms with E-state index in [0.29, 0.717) is 33.8 Å². The molecule has 10 heteroatoms. The van der Waals surface area contributed by atoms with Crippen molar-refractivity contribution in [3.63, 3.8) is 0 Å². The summed E-state index contributed by atoms with van der Waals surface area (Å²) >= 11 is 12.7. The van der Waals surface area contributed by atoms with Crippen LogP contribution in [0, 0.1) is 0 Å². The molecule has 0 bridgehead atoms. The normalized spacial score (nSPS) is 14.3. The molecule has 0 aliphatic carbocycles. The van der Waals surface area contributed by atoms with Gasteiger partial charge in [0, 0.05) is 10.7 Å². The van der Waals surface area contributed by atoms with Gasteiger partial charge in [0.15, 0.2) is 0 Å². The van der Waals surface area contributed by atoms with Gasteiger partial charge < -0.3 is 14.8 Å². The number of imide groups is 1. The first-order valence-electron chi connectivity index (χ1n) is 10.7. The quantitative estimate of drug-likeness (QED) is 0.338. The number of ether oxygens (including phenoxy) is 2. The van der Waals surface area contributed by atoms with Crippen LogP contribution in [0.5, 0.6) is 11.5 Å². The Morgan fingerprint density at radius 3 is 2.42 bits per heavy atom. The minimum Gasteiger partial charge on any atom is -0.495 e. The zero-order valence-electron chi connectivity index (χ0n) is 19.0. The van der Waals surface area contributed by atoms with E-state index in [4.69, 9.17) is 32.7 Å². The van der Waals surface area contributed by atoms with E-state index in [2.05, 4.69) is 5.32 Å². The van der Waals surface area contributed by atoms with Gasteiger partial charge in [-0.15, -0.1) is 0 Å². The second kappa shape index (κ2) is 11.5. The maximum absolute atomic E-state index is 12.8. The van der Waals surface area contributed by atoms with Crippen molar-refractivity contribution in [2.24, 2.45) is 0 Å². The summed E-state index contributed by atoms with van der Waals surface area (Å²) in [6.45, 7) is -0.0245. The van der Waals surface area contributed by atoms with Gasteiger partial charge in [-0.3, -0.25) is 19.3 Å². The Bertz CT molecular complexity index is 1330. The Labute approximate surface area is 222 Å². The summed E-state index contributed by atoms with van der Waals surface area (Å²) in [5.41, 5.74) is 2.12. The number of anilines is 1.